The lowest BCUT2D eigenvalue weighted by atomic mass is 9.87. The lowest BCUT2D eigenvalue weighted by Crippen LogP contribution is -2.31. The van der Waals surface area contributed by atoms with E-state index in [1.165, 1.54) is 0 Å². The molecule has 0 spiro atoms. The highest BCUT2D eigenvalue weighted by Crippen LogP contribution is 2.43. The van der Waals surface area contributed by atoms with Crippen LogP contribution in [0, 0.1) is 18.3 Å². The van der Waals surface area contributed by atoms with Crippen molar-refractivity contribution in [2.24, 2.45) is 5.92 Å². The molecule has 1 saturated heterocycles. The van der Waals surface area contributed by atoms with E-state index in [9.17, 15) is 0 Å². The molecule has 21 heavy (non-hydrogen) atoms. The van der Waals surface area contributed by atoms with Crippen LogP contribution in [0.2, 0.25) is 0 Å². The van der Waals surface area contributed by atoms with Crippen molar-refractivity contribution in [3.63, 3.8) is 0 Å². The van der Waals surface area contributed by atoms with Crippen LogP contribution in [0.15, 0.2) is 6.33 Å². The molecule has 3 atom stereocenters. The Bertz CT molecular complexity index is 733. The number of hydrogen-bond acceptors (Lipinski definition) is 6. The van der Waals surface area contributed by atoms with Crippen molar-refractivity contribution >= 4 is 22.9 Å². The summed E-state index contributed by atoms with van der Waals surface area (Å²) in [5.41, 5.74) is 12.0. The van der Waals surface area contributed by atoms with Crippen LogP contribution in [0.1, 0.15) is 32.9 Å². The van der Waals surface area contributed by atoms with E-state index >= 15 is 0 Å². The largest absolute Gasteiger partial charge is 0.382 e. The molecule has 0 aliphatic carbocycles. The van der Waals surface area contributed by atoms with Crippen LogP contribution in [0.4, 0.5) is 11.8 Å². The van der Waals surface area contributed by atoms with Gasteiger partial charge in [-0.15, -0.1) is 6.42 Å². The molecular formula is C14H18N6O. The number of nitrogens with two attached hydrogens (primary N) is 2. The summed E-state index contributed by atoms with van der Waals surface area (Å²) in [6.07, 6.45) is 8.64. The summed E-state index contributed by atoms with van der Waals surface area (Å²) < 4.78 is 7.97. The van der Waals surface area contributed by atoms with Crippen LogP contribution in [-0.2, 0) is 4.74 Å². The molecule has 1 unspecified atom stereocenters. The molecule has 1 aliphatic heterocycles. The van der Waals surface area contributed by atoms with Crippen molar-refractivity contribution in [2.75, 3.05) is 11.5 Å². The second-order valence-electron chi connectivity index (χ2n) is 5.39. The molecule has 3 rings (SSSR count). The zero-order valence-corrected chi connectivity index (χ0v) is 12.1. The Morgan fingerprint density at radius 3 is 2.90 bits per heavy atom. The Kier molecular flexibility index (Phi) is 2.99. The van der Waals surface area contributed by atoms with E-state index < -0.39 is 5.60 Å². The smallest absolute Gasteiger partial charge is 0.224 e. The van der Waals surface area contributed by atoms with Crippen molar-refractivity contribution in [1.29, 1.82) is 0 Å². The second-order valence-corrected chi connectivity index (χ2v) is 5.39. The first-order valence-electron chi connectivity index (χ1n) is 6.92. The molecule has 7 nitrogen and oxygen atoms in total. The molecule has 4 N–H and O–H groups in total. The summed E-state index contributed by atoms with van der Waals surface area (Å²) in [6, 6.07) is 0. The van der Waals surface area contributed by atoms with Gasteiger partial charge < -0.3 is 16.2 Å². The quantitative estimate of drug-likeness (QED) is 0.807. The minimum atomic E-state index is -0.550. The molecule has 110 valence electrons. The topological polar surface area (TPSA) is 105 Å². The first-order chi connectivity index (χ1) is 10.0. The third-order valence-corrected chi connectivity index (χ3v) is 4.24. The number of nitrogens with zero attached hydrogens (tertiary/aromatic N) is 4. The van der Waals surface area contributed by atoms with E-state index in [4.69, 9.17) is 22.6 Å². The third kappa shape index (κ3) is 1.91. The van der Waals surface area contributed by atoms with Crippen molar-refractivity contribution in [3.05, 3.63) is 6.33 Å². The van der Waals surface area contributed by atoms with Gasteiger partial charge in [-0.1, -0.05) is 19.8 Å². The molecule has 0 bridgehead atoms. The zero-order chi connectivity index (χ0) is 15.2. The summed E-state index contributed by atoms with van der Waals surface area (Å²) in [5.74, 6) is 3.43. The first kappa shape index (κ1) is 13.6. The fraction of sp³-hybridized carbons (Fsp3) is 0.500. The summed E-state index contributed by atoms with van der Waals surface area (Å²) >= 11 is 0. The molecule has 1 fully saturated rings. The first-order valence-corrected chi connectivity index (χ1v) is 6.92. The summed E-state index contributed by atoms with van der Waals surface area (Å²) in [5, 5.41) is 0. The Hall–Kier alpha value is -2.33. The van der Waals surface area contributed by atoms with E-state index in [0.717, 1.165) is 12.8 Å². The van der Waals surface area contributed by atoms with Crippen molar-refractivity contribution < 1.29 is 4.74 Å². The SMILES string of the molecule is C#C[C@]1(CC)O[C@@H](n2cnc3c(N)nc(N)nc32)CC1C. The van der Waals surface area contributed by atoms with Crippen LogP contribution in [0.5, 0.6) is 0 Å². The van der Waals surface area contributed by atoms with Gasteiger partial charge in [0.25, 0.3) is 0 Å². The fourth-order valence-corrected chi connectivity index (χ4v) is 2.95. The van der Waals surface area contributed by atoms with Crippen LogP contribution in [0.25, 0.3) is 11.2 Å². The summed E-state index contributed by atoms with van der Waals surface area (Å²) in [7, 11) is 0. The fourth-order valence-electron chi connectivity index (χ4n) is 2.95. The maximum absolute atomic E-state index is 6.14. The van der Waals surface area contributed by atoms with Gasteiger partial charge in [-0.2, -0.15) is 9.97 Å². The minimum Gasteiger partial charge on any atom is -0.382 e. The van der Waals surface area contributed by atoms with Crippen LogP contribution < -0.4 is 11.5 Å². The van der Waals surface area contributed by atoms with E-state index in [0.29, 0.717) is 11.2 Å². The number of aromatic nitrogens is 4. The van der Waals surface area contributed by atoms with Crippen molar-refractivity contribution in [2.45, 2.75) is 38.5 Å². The van der Waals surface area contributed by atoms with E-state index in [-0.39, 0.29) is 23.9 Å². The minimum absolute atomic E-state index is 0.117. The standard InChI is InChI=1S/C14H18N6O/c1-4-14(5-2)8(3)6-9(21-14)20-7-17-10-11(15)18-13(16)19-12(10)20/h1,7-9H,5-6H2,2-3H3,(H4,15,16,18,19)/t8?,9-,14-/m1/s1. The van der Waals surface area contributed by atoms with Gasteiger partial charge in [-0.05, 0) is 12.8 Å². The number of imidazole rings is 1. The average molecular weight is 286 g/mol. The van der Waals surface area contributed by atoms with E-state index in [1.54, 1.807) is 6.33 Å². The third-order valence-electron chi connectivity index (χ3n) is 4.24. The molecule has 0 saturated carbocycles. The molecule has 2 aromatic heterocycles. The van der Waals surface area contributed by atoms with Crippen LogP contribution in [0.3, 0.4) is 0 Å². The lowest BCUT2D eigenvalue weighted by molar-refractivity contribution is -0.0464. The number of fused-ring (bicyclic) bond motifs is 1. The normalized spacial score (nSPS) is 28.8. The number of anilines is 2. The van der Waals surface area contributed by atoms with Crippen molar-refractivity contribution in [3.8, 4) is 12.3 Å². The number of rotatable bonds is 2. The summed E-state index contributed by atoms with van der Waals surface area (Å²) in [4.78, 5) is 12.4. The summed E-state index contributed by atoms with van der Waals surface area (Å²) in [6.45, 7) is 4.13. The molecule has 0 aromatic carbocycles. The van der Waals surface area contributed by atoms with Gasteiger partial charge in [0.05, 0.1) is 6.33 Å². The highest BCUT2D eigenvalue weighted by Gasteiger charge is 2.44. The Morgan fingerprint density at radius 1 is 1.52 bits per heavy atom. The highest BCUT2D eigenvalue weighted by atomic mass is 16.5. The number of terminal acetylenes is 1. The van der Waals surface area contributed by atoms with Crippen molar-refractivity contribution in [1.82, 2.24) is 19.5 Å². The molecule has 7 heteroatoms. The maximum atomic E-state index is 6.14. The van der Waals surface area contributed by atoms with Gasteiger partial charge in [0.15, 0.2) is 11.5 Å². The zero-order valence-electron chi connectivity index (χ0n) is 12.1. The Labute approximate surface area is 122 Å². The average Bonchev–Trinajstić information content (AvgIpc) is 3.00. The highest BCUT2D eigenvalue weighted by molar-refractivity contribution is 5.82. The molecule has 1 aliphatic rings. The van der Waals surface area contributed by atoms with Gasteiger partial charge in [-0.25, -0.2) is 4.98 Å². The van der Waals surface area contributed by atoms with E-state index in [1.807, 2.05) is 11.5 Å². The Balaban J connectivity index is 2.05. The maximum Gasteiger partial charge on any atom is 0.224 e. The van der Waals surface area contributed by atoms with E-state index in [2.05, 4.69) is 27.8 Å². The molecule has 2 aromatic rings. The molecular weight excluding hydrogens is 268 g/mol. The van der Waals surface area contributed by atoms with Crippen LogP contribution >= 0.6 is 0 Å². The van der Waals surface area contributed by atoms with Gasteiger partial charge >= 0.3 is 0 Å². The number of nitrogen functional groups attached to an aromatic ring is 2. The van der Waals surface area contributed by atoms with Gasteiger partial charge in [0.1, 0.15) is 17.3 Å². The predicted molar refractivity (Wildman–Crippen MR) is 79.9 cm³/mol. The molecule has 0 radical (unpaired) electrons. The number of ether oxygens (including phenoxy) is 1. The molecule has 0 amide bonds. The van der Waals surface area contributed by atoms with Gasteiger partial charge in [-0.3, -0.25) is 4.57 Å². The molecule has 3 heterocycles. The number of hydrogen-bond donors (Lipinski definition) is 2. The van der Waals surface area contributed by atoms with Crippen LogP contribution in [-0.4, -0.2) is 25.1 Å². The van der Waals surface area contributed by atoms with Gasteiger partial charge in [0, 0.05) is 5.92 Å². The second kappa shape index (κ2) is 4.60. The predicted octanol–water partition coefficient (Wildman–Crippen LogP) is 1.33. The monoisotopic (exact) mass is 286 g/mol. The van der Waals surface area contributed by atoms with Gasteiger partial charge in [0.2, 0.25) is 5.95 Å². The lowest BCUT2D eigenvalue weighted by Gasteiger charge is -2.25. The Morgan fingerprint density at radius 2 is 2.29 bits per heavy atom.